The van der Waals surface area contributed by atoms with Crippen LogP contribution in [0.15, 0.2) is 6.20 Å². The molecule has 2 heterocycles. The molecule has 0 saturated carbocycles. The van der Waals surface area contributed by atoms with Crippen molar-refractivity contribution < 1.29 is 5.11 Å². The zero-order valence-corrected chi connectivity index (χ0v) is 8.99. The number of hydrogen-bond donors (Lipinski definition) is 2. The predicted molar refractivity (Wildman–Crippen MR) is 57.0 cm³/mol. The molecule has 2 unspecified atom stereocenters. The maximum Gasteiger partial charge on any atom is 0.180 e. The van der Waals surface area contributed by atoms with E-state index in [4.69, 9.17) is 5.73 Å². The lowest BCUT2D eigenvalue weighted by molar-refractivity contribution is 0.0463. The van der Waals surface area contributed by atoms with Crippen molar-refractivity contribution in [3.8, 4) is 0 Å². The van der Waals surface area contributed by atoms with Crippen molar-refractivity contribution in [1.29, 1.82) is 0 Å². The number of nitrogen functional groups attached to an aromatic ring is 1. The monoisotopic (exact) mass is 216 g/mol. The maximum absolute atomic E-state index is 10.3. The highest BCUT2D eigenvalue weighted by Gasteiger charge is 2.41. The molecule has 0 amide bonds. The zero-order chi connectivity index (χ0) is 9.47. The van der Waals surface area contributed by atoms with Crippen LogP contribution in [0.25, 0.3) is 0 Å². The van der Waals surface area contributed by atoms with Gasteiger partial charge in [0.25, 0.3) is 0 Å². The summed E-state index contributed by atoms with van der Waals surface area (Å²) in [5.74, 6) is 1.01. The number of rotatable bonds is 1. The minimum Gasteiger partial charge on any atom is -0.383 e. The molecular weight excluding hydrogens is 204 g/mol. The van der Waals surface area contributed by atoms with Crippen LogP contribution in [0.1, 0.15) is 18.2 Å². The first-order chi connectivity index (χ1) is 6.13. The highest BCUT2D eigenvalue weighted by molar-refractivity contribution is 8.00. The van der Waals surface area contributed by atoms with Crippen LogP contribution in [0.5, 0.6) is 0 Å². The van der Waals surface area contributed by atoms with Gasteiger partial charge < -0.3 is 10.8 Å². The van der Waals surface area contributed by atoms with E-state index in [1.165, 1.54) is 11.3 Å². The number of nitrogens with zero attached hydrogens (tertiary/aromatic N) is 1. The fourth-order valence-electron chi connectivity index (χ4n) is 1.54. The number of thiazole rings is 1. The topological polar surface area (TPSA) is 59.1 Å². The Bertz CT molecular complexity index is 315. The fourth-order valence-corrected chi connectivity index (χ4v) is 3.81. The molecule has 13 heavy (non-hydrogen) atoms. The fraction of sp³-hybridized carbons (Fsp3) is 0.625. The third kappa shape index (κ3) is 1.45. The molecule has 72 valence electrons. The summed E-state index contributed by atoms with van der Waals surface area (Å²) in [5, 5.41) is 11.1. The molecule has 1 aromatic rings. The van der Waals surface area contributed by atoms with E-state index >= 15 is 0 Å². The van der Waals surface area contributed by atoms with Gasteiger partial charge in [-0.05, 0) is 12.2 Å². The number of aliphatic hydroxyl groups is 1. The highest BCUT2D eigenvalue weighted by atomic mass is 32.2. The Morgan fingerprint density at radius 3 is 3.00 bits per heavy atom. The van der Waals surface area contributed by atoms with Gasteiger partial charge >= 0.3 is 0 Å². The first kappa shape index (κ1) is 9.30. The van der Waals surface area contributed by atoms with Crippen molar-refractivity contribution in [2.45, 2.75) is 24.2 Å². The van der Waals surface area contributed by atoms with Gasteiger partial charge in [-0.15, -0.1) is 0 Å². The van der Waals surface area contributed by atoms with Crippen molar-refractivity contribution in [3.63, 3.8) is 0 Å². The molecule has 1 saturated heterocycles. The Kier molecular flexibility index (Phi) is 2.25. The van der Waals surface area contributed by atoms with E-state index in [2.05, 4.69) is 4.98 Å². The summed E-state index contributed by atoms with van der Waals surface area (Å²) in [5.41, 5.74) is 4.85. The van der Waals surface area contributed by atoms with Crippen LogP contribution in [0.3, 0.4) is 0 Å². The Hall–Kier alpha value is -0.260. The standard InChI is InChI=1S/C8H12N2OS2/c1-5-8(11,2-3-12-5)6-4-10-7(9)13-6/h4-5,11H,2-3H2,1H3,(H2,9,10). The third-order valence-corrected chi connectivity index (χ3v) is 4.80. The van der Waals surface area contributed by atoms with Crippen molar-refractivity contribution in [2.75, 3.05) is 11.5 Å². The van der Waals surface area contributed by atoms with Gasteiger partial charge in [0.15, 0.2) is 5.13 Å². The van der Waals surface area contributed by atoms with Gasteiger partial charge in [-0.2, -0.15) is 11.8 Å². The van der Waals surface area contributed by atoms with Crippen LogP contribution in [0.2, 0.25) is 0 Å². The summed E-state index contributed by atoms with van der Waals surface area (Å²) >= 11 is 3.19. The van der Waals surface area contributed by atoms with Crippen LogP contribution in [-0.4, -0.2) is 21.1 Å². The second-order valence-electron chi connectivity index (χ2n) is 3.25. The minimum atomic E-state index is -0.694. The molecule has 1 aliphatic heterocycles. The van der Waals surface area contributed by atoms with Gasteiger partial charge in [-0.3, -0.25) is 0 Å². The first-order valence-electron chi connectivity index (χ1n) is 4.18. The molecule has 5 heteroatoms. The van der Waals surface area contributed by atoms with Crippen molar-refractivity contribution in [1.82, 2.24) is 4.98 Å². The molecule has 0 aliphatic carbocycles. The number of aromatic nitrogens is 1. The molecule has 0 bridgehead atoms. The molecule has 2 atom stereocenters. The van der Waals surface area contributed by atoms with Crippen molar-refractivity contribution in [2.24, 2.45) is 0 Å². The van der Waals surface area contributed by atoms with Crippen LogP contribution in [-0.2, 0) is 5.60 Å². The second kappa shape index (κ2) is 3.15. The maximum atomic E-state index is 10.3. The molecule has 3 N–H and O–H groups in total. The molecule has 1 aliphatic rings. The SMILES string of the molecule is CC1SCCC1(O)c1cnc(N)s1. The van der Waals surface area contributed by atoms with E-state index in [-0.39, 0.29) is 5.25 Å². The van der Waals surface area contributed by atoms with Crippen LogP contribution in [0.4, 0.5) is 5.13 Å². The quantitative estimate of drug-likeness (QED) is 0.745. The average Bonchev–Trinajstić information content (AvgIpc) is 2.62. The smallest absolute Gasteiger partial charge is 0.180 e. The molecular formula is C8H12N2OS2. The number of thioether (sulfide) groups is 1. The molecule has 1 aromatic heterocycles. The van der Waals surface area contributed by atoms with Gasteiger partial charge in [-0.1, -0.05) is 18.3 Å². The van der Waals surface area contributed by atoms with Crippen molar-refractivity contribution >= 4 is 28.2 Å². The number of hydrogen-bond acceptors (Lipinski definition) is 5. The molecule has 3 nitrogen and oxygen atoms in total. The van der Waals surface area contributed by atoms with E-state index in [9.17, 15) is 5.11 Å². The van der Waals surface area contributed by atoms with Gasteiger partial charge in [-0.25, -0.2) is 4.98 Å². The highest BCUT2D eigenvalue weighted by Crippen LogP contribution is 2.44. The van der Waals surface area contributed by atoms with Gasteiger partial charge in [0.05, 0.1) is 4.88 Å². The molecule has 0 spiro atoms. The molecule has 0 radical (unpaired) electrons. The lowest BCUT2D eigenvalue weighted by Crippen LogP contribution is -2.30. The van der Waals surface area contributed by atoms with Gasteiger partial charge in [0.1, 0.15) is 5.60 Å². The van der Waals surface area contributed by atoms with Crippen molar-refractivity contribution in [3.05, 3.63) is 11.1 Å². The van der Waals surface area contributed by atoms with Gasteiger partial charge in [0.2, 0.25) is 0 Å². The molecule has 0 aromatic carbocycles. The largest absolute Gasteiger partial charge is 0.383 e. The summed E-state index contributed by atoms with van der Waals surface area (Å²) in [7, 11) is 0. The molecule has 2 rings (SSSR count). The summed E-state index contributed by atoms with van der Waals surface area (Å²) in [6.45, 7) is 2.05. The van der Waals surface area contributed by atoms with E-state index in [1.807, 2.05) is 6.92 Å². The normalized spacial score (nSPS) is 33.8. The molecule has 1 fully saturated rings. The van der Waals surface area contributed by atoms with E-state index in [0.717, 1.165) is 17.1 Å². The first-order valence-corrected chi connectivity index (χ1v) is 6.05. The van der Waals surface area contributed by atoms with E-state index < -0.39 is 5.60 Å². The summed E-state index contributed by atoms with van der Waals surface area (Å²) < 4.78 is 0. The second-order valence-corrected chi connectivity index (χ2v) is 5.76. The van der Waals surface area contributed by atoms with E-state index in [1.54, 1.807) is 18.0 Å². The van der Waals surface area contributed by atoms with Crippen LogP contribution < -0.4 is 5.73 Å². The van der Waals surface area contributed by atoms with Crippen LogP contribution in [0, 0.1) is 0 Å². The summed E-state index contributed by atoms with van der Waals surface area (Å²) in [4.78, 5) is 4.87. The zero-order valence-electron chi connectivity index (χ0n) is 7.36. The average molecular weight is 216 g/mol. The Morgan fingerprint density at radius 2 is 2.54 bits per heavy atom. The Labute approximate surface area is 85.4 Å². The number of nitrogens with two attached hydrogens (primary N) is 1. The lowest BCUT2D eigenvalue weighted by atomic mass is 9.96. The van der Waals surface area contributed by atoms with Gasteiger partial charge in [0, 0.05) is 11.4 Å². The Balaban J connectivity index is 2.33. The Morgan fingerprint density at radius 1 is 1.77 bits per heavy atom. The summed E-state index contributed by atoms with van der Waals surface area (Å²) in [6.07, 6.45) is 2.50. The third-order valence-electron chi connectivity index (χ3n) is 2.47. The van der Waals surface area contributed by atoms with Crippen LogP contribution >= 0.6 is 23.1 Å². The minimum absolute atomic E-state index is 0.243. The predicted octanol–water partition coefficient (Wildman–Crippen LogP) is 1.44. The lowest BCUT2D eigenvalue weighted by Gasteiger charge is -2.24. The number of anilines is 1. The summed E-state index contributed by atoms with van der Waals surface area (Å²) in [6, 6.07) is 0. The van der Waals surface area contributed by atoms with E-state index in [0.29, 0.717) is 5.13 Å².